The van der Waals surface area contributed by atoms with Gasteiger partial charge in [-0.3, -0.25) is 14.6 Å². The molecule has 0 saturated carbocycles. The molecule has 0 atom stereocenters. The van der Waals surface area contributed by atoms with Crippen LogP contribution in [0, 0.1) is 0 Å². The number of halogens is 1. The van der Waals surface area contributed by atoms with Gasteiger partial charge in [0.05, 0.1) is 6.54 Å². The molecule has 1 saturated heterocycles. The summed E-state index contributed by atoms with van der Waals surface area (Å²) >= 11 is 5.95. The van der Waals surface area contributed by atoms with Crippen LogP contribution in [0.25, 0.3) is 0 Å². The van der Waals surface area contributed by atoms with Gasteiger partial charge in [-0.1, -0.05) is 29.8 Å². The van der Waals surface area contributed by atoms with Crippen LogP contribution in [0.15, 0.2) is 42.5 Å². The van der Waals surface area contributed by atoms with Gasteiger partial charge < -0.3 is 14.4 Å². The van der Waals surface area contributed by atoms with Gasteiger partial charge in [-0.25, -0.2) is 0 Å². The lowest BCUT2D eigenvalue weighted by atomic mass is 10.2. The van der Waals surface area contributed by atoms with E-state index in [2.05, 4.69) is 17.0 Å². The van der Waals surface area contributed by atoms with Gasteiger partial charge in [-0.2, -0.15) is 0 Å². The maximum absolute atomic E-state index is 12.7. The third-order valence-electron chi connectivity index (χ3n) is 5.34. The fraction of sp³-hybridized carbons (Fsp3) is 0.409. The number of amides is 1. The fourth-order valence-corrected chi connectivity index (χ4v) is 3.87. The summed E-state index contributed by atoms with van der Waals surface area (Å²) in [6.45, 7) is 5.58. The Morgan fingerprint density at radius 2 is 1.69 bits per heavy atom. The van der Waals surface area contributed by atoms with Gasteiger partial charge in [0.1, 0.15) is 0 Å². The zero-order valence-electron chi connectivity index (χ0n) is 16.6. The van der Waals surface area contributed by atoms with E-state index in [0.717, 1.165) is 54.8 Å². The van der Waals surface area contributed by atoms with Crippen molar-refractivity contribution in [2.45, 2.75) is 13.1 Å². The molecule has 6 nitrogen and oxygen atoms in total. The SMILES string of the molecule is CN(CC(=O)N1CCN(Cc2ccc(Cl)cc2)CC1)Cc1ccc2c(c1)OCO2. The maximum atomic E-state index is 12.7. The molecule has 2 aromatic rings. The fourth-order valence-electron chi connectivity index (χ4n) is 3.74. The zero-order valence-corrected chi connectivity index (χ0v) is 17.4. The molecule has 0 bridgehead atoms. The highest BCUT2D eigenvalue weighted by Gasteiger charge is 2.22. The normalized spacial score (nSPS) is 16.4. The van der Waals surface area contributed by atoms with E-state index in [9.17, 15) is 4.79 Å². The first-order valence-electron chi connectivity index (χ1n) is 9.88. The van der Waals surface area contributed by atoms with Crippen LogP contribution in [0.3, 0.4) is 0 Å². The number of nitrogens with zero attached hydrogens (tertiary/aromatic N) is 3. The Morgan fingerprint density at radius 3 is 2.45 bits per heavy atom. The van der Waals surface area contributed by atoms with E-state index in [1.807, 2.05) is 47.2 Å². The molecule has 0 radical (unpaired) electrons. The topological polar surface area (TPSA) is 45.3 Å². The first kappa shape index (κ1) is 20.0. The summed E-state index contributed by atoms with van der Waals surface area (Å²) in [7, 11) is 1.97. The number of rotatable bonds is 6. The summed E-state index contributed by atoms with van der Waals surface area (Å²) in [5, 5.41) is 0.758. The Kier molecular flexibility index (Phi) is 6.23. The minimum Gasteiger partial charge on any atom is -0.454 e. The van der Waals surface area contributed by atoms with Crippen molar-refractivity contribution in [3.63, 3.8) is 0 Å². The number of likely N-dealkylation sites (N-methyl/N-ethyl adjacent to an activating group) is 1. The highest BCUT2D eigenvalue weighted by atomic mass is 35.5. The van der Waals surface area contributed by atoms with Gasteiger partial charge >= 0.3 is 0 Å². The highest BCUT2D eigenvalue weighted by Crippen LogP contribution is 2.32. The molecule has 29 heavy (non-hydrogen) atoms. The molecule has 0 aromatic heterocycles. The van der Waals surface area contributed by atoms with Crippen LogP contribution in [0.1, 0.15) is 11.1 Å². The van der Waals surface area contributed by atoms with E-state index in [1.165, 1.54) is 5.56 Å². The minimum absolute atomic E-state index is 0.180. The minimum atomic E-state index is 0.180. The summed E-state index contributed by atoms with van der Waals surface area (Å²) in [5.74, 6) is 1.74. The third-order valence-corrected chi connectivity index (χ3v) is 5.59. The van der Waals surface area contributed by atoms with Crippen LogP contribution in [0.4, 0.5) is 0 Å². The molecule has 7 heteroatoms. The quantitative estimate of drug-likeness (QED) is 0.726. The van der Waals surface area contributed by atoms with E-state index < -0.39 is 0 Å². The summed E-state index contributed by atoms with van der Waals surface area (Å²) in [5.41, 5.74) is 2.36. The van der Waals surface area contributed by atoms with Crippen molar-refractivity contribution >= 4 is 17.5 Å². The van der Waals surface area contributed by atoms with Crippen LogP contribution in [0.2, 0.25) is 5.02 Å². The summed E-state index contributed by atoms with van der Waals surface area (Å²) in [6, 6.07) is 13.9. The summed E-state index contributed by atoms with van der Waals surface area (Å²) in [6.07, 6.45) is 0. The lowest BCUT2D eigenvalue weighted by molar-refractivity contribution is -0.134. The van der Waals surface area contributed by atoms with E-state index in [1.54, 1.807) is 0 Å². The molecular formula is C22H26ClN3O3. The molecule has 0 N–H and O–H groups in total. The molecule has 1 amide bonds. The highest BCUT2D eigenvalue weighted by molar-refractivity contribution is 6.30. The summed E-state index contributed by atoms with van der Waals surface area (Å²) in [4.78, 5) is 19.1. The van der Waals surface area contributed by atoms with Gasteiger partial charge in [0.2, 0.25) is 12.7 Å². The Bertz CT molecular complexity index is 851. The molecule has 0 aliphatic carbocycles. The molecule has 0 unspecified atom stereocenters. The van der Waals surface area contributed by atoms with Crippen molar-refractivity contribution in [3.8, 4) is 11.5 Å². The number of carbonyl (C=O) groups excluding carboxylic acids is 1. The molecule has 2 aliphatic heterocycles. The van der Waals surface area contributed by atoms with E-state index in [0.29, 0.717) is 13.1 Å². The van der Waals surface area contributed by atoms with Crippen LogP contribution < -0.4 is 9.47 Å². The predicted octanol–water partition coefficient (Wildman–Crippen LogP) is 2.84. The second kappa shape index (κ2) is 9.03. The number of carbonyl (C=O) groups is 1. The standard InChI is InChI=1S/C22H26ClN3O3/c1-24(13-18-4-7-20-21(12-18)29-16-28-20)15-22(27)26-10-8-25(9-11-26)14-17-2-5-19(23)6-3-17/h2-7,12H,8-11,13-16H2,1H3. The van der Waals surface area contributed by atoms with Gasteiger partial charge in [0.25, 0.3) is 0 Å². The van der Waals surface area contributed by atoms with Gasteiger partial charge in [-0.05, 0) is 42.4 Å². The maximum Gasteiger partial charge on any atom is 0.236 e. The van der Waals surface area contributed by atoms with E-state index in [-0.39, 0.29) is 12.7 Å². The Hall–Kier alpha value is -2.28. The van der Waals surface area contributed by atoms with Gasteiger partial charge in [0, 0.05) is 44.3 Å². The summed E-state index contributed by atoms with van der Waals surface area (Å²) < 4.78 is 10.8. The number of hydrogen-bond acceptors (Lipinski definition) is 5. The molecule has 0 spiro atoms. The molecule has 2 aliphatic rings. The lowest BCUT2D eigenvalue weighted by Gasteiger charge is -2.35. The Balaban J connectivity index is 1.22. The van der Waals surface area contributed by atoms with Gasteiger partial charge in [-0.15, -0.1) is 0 Å². The van der Waals surface area contributed by atoms with Crippen LogP contribution in [-0.4, -0.2) is 67.2 Å². The second-order valence-corrected chi connectivity index (χ2v) is 8.08. The van der Waals surface area contributed by atoms with Crippen LogP contribution >= 0.6 is 11.6 Å². The van der Waals surface area contributed by atoms with Gasteiger partial charge in [0.15, 0.2) is 11.5 Å². The molecular weight excluding hydrogens is 390 g/mol. The smallest absolute Gasteiger partial charge is 0.236 e. The van der Waals surface area contributed by atoms with Crippen molar-refractivity contribution < 1.29 is 14.3 Å². The number of hydrogen-bond donors (Lipinski definition) is 0. The average molecular weight is 416 g/mol. The van der Waals surface area contributed by atoms with Crippen molar-refractivity contribution in [1.29, 1.82) is 0 Å². The molecule has 2 aromatic carbocycles. The average Bonchev–Trinajstić information content (AvgIpc) is 3.18. The van der Waals surface area contributed by atoms with E-state index in [4.69, 9.17) is 21.1 Å². The molecule has 2 heterocycles. The Morgan fingerprint density at radius 1 is 1.00 bits per heavy atom. The third kappa shape index (κ3) is 5.21. The predicted molar refractivity (Wildman–Crippen MR) is 112 cm³/mol. The number of ether oxygens (including phenoxy) is 2. The first-order chi connectivity index (χ1) is 14.1. The van der Waals surface area contributed by atoms with Crippen molar-refractivity contribution in [2.75, 3.05) is 46.6 Å². The van der Waals surface area contributed by atoms with Crippen molar-refractivity contribution in [2.24, 2.45) is 0 Å². The Labute approximate surface area is 176 Å². The van der Waals surface area contributed by atoms with Crippen molar-refractivity contribution in [3.05, 3.63) is 58.6 Å². The number of piperazine rings is 1. The van der Waals surface area contributed by atoms with E-state index >= 15 is 0 Å². The first-order valence-corrected chi connectivity index (χ1v) is 10.3. The molecule has 154 valence electrons. The zero-order chi connectivity index (χ0) is 20.2. The largest absolute Gasteiger partial charge is 0.454 e. The number of benzene rings is 2. The molecule has 1 fully saturated rings. The van der Waals surface area contributed by atoms with Crippen LogP contribution in [0.5, 0.6) is 11.5 Å². The lowest BCUT2D eigenvalue weighted by Crippen LogP contribution is -2.50. The monoisotopic (exact) mass is 415 g/mol. The van der Waals surface area contributed by atoms with Crippen LogP contribution in [-0.2, 0) is 17.9 Å². The second-order valence-electron chi connectivity index (χ2n) is 7.64. The molecule has 4 rings (SSSR count). The van der Waals surface area contributed by atoms with Crippen molar-refractivity contribution in [1.82, 2.24) is 14.7 Å². The number of fused-ring (bicyclic) bond motifs is 1.